The molecule has 1 aromatic heterocycles. The van der Waals surface area contributed by atoms with Gasteiger partial charge in [-0.15, -0.1) is 0 Å². The Balaban J connectivity index is 1.39. The summed E-state index contributed by atoms with van der Waals surface area (Å²) < 4.78 is 7.56. The van der Waals surface area contributed by atoms with Crippen LogP contribution in [-0.2, 0) is 4.74 Å². The van der Waals surface area contributed by atoms with E-state index in [2.05, 4.69) is 45.6 Å². The van der Waals surface area contributed by atoms with E-state index in [1.807, 2.05) is 42.9 Å². The molecule has 3 aromatic rings. The van der Waals surface area contributed by atoms with Crippen LogP contribution in [0.5, 0.6) is 0 Å². The first-order valence-corrected chi connectivity index (χ1v) is 10.5. The Kier molecular flexibility index (Phi) is 4.97. The molecule has 2 aliphatic rings. The van der Waals surface area contributed by atoms with Gasteiger partial charge >= 0.3 is 0 Å². The van der Waals surface area contributed by atoms with Gasteiger partial charge in [-0.25, -0.2) is 4.98 Å². The molecule has 2 aromatic carbocycles. The maximum atomic E-state index is 13.2. The third-order valence-electron chi connectivity index (χ3n) is 6.15. The Labute approximate surface area is 176 Å². The Hall–Kier alpha value is -3.18. The van der Waals surface area contributed by atoms with Crippen LogP contribution in [-0.4, -0.2) is 41.6 Å². The lowest BCUT2D eigenvalue weighted by atomic mass is 9.91. The lowest BCUT2D eigenvalue weighted by molar-refractivity contribution is 0.0972. The summed E-state index contributed by atoms with van der Waals surface area (Å²) in [6, 6.07) is 18.3. The number of carbonyl (C=O) groups is 1. The number of Topliss-reactive ketones (excluding diaryl/α,β-unsaturated/α-hetero) is 1. The van der Waals surface area contributed by atoms with Crippen LogP contribution in [0.25, 0.3) is 11.1 Å². The number of hydrogen-bond acceptors (Lipinski definition) is 4. The van der Waals surface area contributed by atoms with Crippen molar-refractivity contribution in [3.05, 3.63) is 83.9 Å². The van der Waals surface area contributed by atoms with Crippen LogP contribution in [0.3, 0.4) is 0 Å². The topological polar surface area (TPSA) is 47.4 Å². The summed E-state index contributed by atoms with van der Waals surface area (Å²) in [5, 5.41) is 0. The van der Waals surface area contributed by atoms with Crippen molar-refractivity contribution in [1.29, 1.82) is 0 Å². The summed E-state index contributed by atoms with van der Waals surface area (Å²) in [6.07, 6.45) is 4.15. The first-order chi connectivity index (χ1) is 14.7. The van der Waals surface area contributed by atoms with Crippen LogP contribution in [0.1, 0.15) is 41.0 Å². The summed E-state index contributed by atoms with van der Waals surface area (Å²) in [6.45, 7) is 5.41. The molecule has 1 fully saturated rings. The highest BCUT2D eigenvalue weighted by molar-refractivity contribution is 6.01. The van der Waals surface area contributed by atoms with Crippen molar-refractivity contribution < 1.29 is 9.53 Å². The quantitative estimate of drug-likeness (QED) is 0.594. The van der Waals surface area contributed by atoms with E-state index >= 15 is 0 Å². The number of ketones is 1. The molecule has 5 nitrogen and oxygen atoms in total. The fraction of sp³-hybridized carbons (Fsp3) is 0.280. The number of nitrogens with zero attached hydrogens (tertiary/aromatic N) is 3. The molecule has 0 spiro atoms. The van der Waals surface area contributed by atoms with Crippen molar-refractivity contribution in [2.45, 2.75) is 19.4 Å². The fourth-order valence-corrected chi connectivity index (χ4v) is 4.57. The lowest BCUT2D eigenvalue weighted by Crippen LogP contribution is -2.36. The molecule has 0 radical (unpaired) electrons. The Morgan fingerprint density at radius 1 is 1.07 bits per heavy atom. The fourth-order valence-electron chi connectivity index (χ4n) is 4.57. The van der Waals surface area contributed by atoms with Gasteiger partial charge in [0.25, 0.3) is 0 Å². The van der Waals surface area contributed by atoms with Gasteiger partial charge in [0.1, 0.15) is 0 Å². The monoisotopic (exact) mass is 399 g/mol. The number of aromatic nitrogens is 2. The number of allylic oxidation sites excluding steroid dienone is 2. The number of benzene rings is 2. The molecule has 3 heterocycles. The normalized spacial score (nSPS) is 18.6. The second-order valence-electron chi connectivity index (χ2n) is 7.88. The first-order valence-electron chi connectivity index (χ1n) is 10.5. The number of fused-ring (bicyclic) bond motifs is 1. The number of carbonyl (C=O) groups excluding carboxylic acids is 1. The van der Waals surface area contributed by atoms with Crippen LogP contribution in [0.4, 0.5) is 5.69 Å². The number of morpholine rings is 1. The van der Waals surface area contributed by atoms with Crippen LogP contribution < -0.4 is 4.90 Å². The largest absolute Gasteiger partial charge is 0.378 e. The van der Waals surface area contributed by atoms with Gasteiger partial charge in [0, 0.05) is 30.8 Å². The Bertz CT molecular complexity index is 1080. The molecule has 0 N–H and O–H groups in total. The molecule has 0 saturated carbocycles. The van der Waals surface area contributed by atoms with Crippen molar-refractivity contribution in [3.8, 4) is 0 Å². The predicted molar refractivity (Wildman–Crippen MR) is 119 cm³/mol. The second kappa shape index (κ2) is 7.92. The van der Waals surface area contributed by atoms with Crippen LogP contribution in [0, 0.1) is 0 Å². The molecule has 1 unspecified atom stereocenters. The smallest absolute Gasteiger partial charge is 0.165 e. The van der Waals surface area contributed by atoms with E-state index < -0.39 is 0 Å². The Morgan fingerprint density at radius 2 is 1.80 bits per heavy atom. The van der Waals surface area contributed by atoms with Gasteiger partial charge in [0.15, 0.2) is 5.78 Å². The number of rotatable bonds is 5. The van der Waals surface area contributed by atoms with Gasteiger partial charge in [-0.05, 0) is 47.9 Å². The average molecular weight is 399 g/mol. The molecule has 0 aliphatic carbocycles. The van der Waals surface area contributed by atoms with Gasteiger partial charge < -0.3 is 14.2 Å². The summed E-state index contributed by atoms with van der Waals surface area (Å²) >= 11 is 0. The van der Waals surface area contributed by atoms with Gasteiger partial charge in [-0.2, -0.15) is 0 Å². The highest BCUT2D eigenvalue weighted by Crippen LogP contribution is 2.44. The van der Waals surface area contributed by atoms with Crippen LogP contribution in [0.15, 0.2) is 67.1 Å². The van der Waals surface area contributed by atoms with Crippen molar-refractivity contribution in [3.63, 3.8) is 0 Å². The molecular formula is C25H25N3O2. The summed E-state index contributed by atoms with van der Waals surface area (Å²) in [5.41, 5.74) is 6.57. The van der Waals surface area contributed by atoms with E-state index in [1.54, 1.807) is 0 Å². The number of imidazole rings is 1. The lowest BCUT2D eigenvalue weighted by Gasteiger charge is -2.28. The van der Waals surface area contributed by atoms with E-state index in [1.165, 1.54) is 16.7 Å². The van der Waals surface area contributed by atoms with E-state index in [0.717, 1.165) is 43.2 Å². The van der Waals surface area contributed by atoms with Crippen LogP contribution in [0.2, 0.25) is 0 Å². The van der Waals surface area contributed by atoms with Gasteiger partial charge in [-0.3, -0.25) is 4.79 Å². The van der Waals surface area contributed by atoms with Gasteiger partial charge in [-0.1, -0.05) is 30.3 Å². The zero-order chi connectivity index (χ0) is 20.5. The molecule has 5 rings (SSSR count). The third kappa shape index (κ3) is 3.35. The van der Waals surface area contributed by atoms with E-state index in [0.29, 0.717) is 6.42 Å². The molecule has 152 valence electrons. The zero-order valence-corrected chi connectivity index (χ0v) is 17.1. The molecule has 0 bridgehead atoms. The van der Waals surface area contributed by atoms with Crippen LogP contribution >= 0.6 is 0 Å². The number of hydrogen-bond donors (Lipinski definition) is 0. The third-order valence-corrected chi connectivity index (χ3v) is 6.15. The van der Waals surface area contributed by atoms with E-state index in [9.17, 15) is 4.79 Å². The van der Waals surface area contributed by atoms with E-state index in [-0.39, 0.29) is 11.8 Å². The molecule has 1 saturated heterocycles. The molecule has 0 amide bonds. The molecule has 30 heavy (non-hydrogen) atoms. The molecule has 2 aliphatic heterocycles. The molecule has 5 heteroatoms. The highest BCUT2D eigenvalue weighted by atomic mass is 16.5. The minimum absolute atomic E-state index is 0.0312. The summed E-state index contributed by atoms with van der Waals surface area (Å²) in [7, 11) is 0. The second-order valence-corrected chi connectivity index (χ2v) is 7.88. The van der Waals surface area contributed by atoms with Crippen molar-refractivity contribution in [2.24, 2.45) is 0 Å². The minimum Gasteiger partial charge on any atom is -0.378 e. The molecule has 1 atom stereocenters. The molecular weight excluding hydrogens is 374 g/mol. The standard InChI is InChI=1S/C25H25N3O2/c1-18-23-16-26-17-28(23)22(25(18)20-5-3-2-4-6-20)15-24(29)19-7-9-21(10-8-19)27-11-13-30-14-12-27/h2-10,16-17,22H,11-15H2,1H3. The SMILES string of the molecule is CC1=C(c2ccccc2)C(CC(=O)c2ccc(N3CCOCC3)cc2)n2cncc21. The average Bonchev–Trinajstić information content (AvgIpc) is 3.38. The maximum Gasteiger partial charge on any atom is 0.165 e. The maximum absolute atomic E-state index is 13.2. The predicted octanol–water partition coefficient (Wildman–Crippen LogP) is 4.48. The zero-order valence-electron chi connectivity index (χ0n) is 17.1. The summed E-state index contributed by atoms with van der Waals surface area (Å²) in [4.78, 5) is 19.8. The highest BCUT2D eigenvalue weighted by Gasteiger charge is 2.31. The minimum atomic E-state index is -0.0312. The van der Waals surface area contributed by atoms with Gasteiger partial charge in [0.05, 0.1) is 37.5 Å². The number of anilines is 1. The van der Waals surface area contributed by atoms with Crippen molar-refractivity contribution >= 4 is 22.6 Å². The van der Waals surface area contributed by atoms with Crippen molar-refractivity contribution in [2.75, 3.05) is 31.2 Å². The summed E-state index contributed by atoms with van der Waals surface area (Å²) in [5.74, 6) is 0.149. The van der Waals surface area contributed by atoms with Crippen molar-refractivity contribution in [1.82, 2.24) is 9.55 Å². The first kappa shape index (κ1) is 18.8. The van der Waals surface area contributed by atoms with Gasteiger partial charge in [0.2, 0.25) is 0 Å². The number of ether oxygens (including phenoxy) is 1. The Morgan fingerprint density at radius 3 is 2.53 bits per heavy atom. The van der Waals surface area contributed by atoms with E-state index in [4.69, 9.17) is 4.74 Å².